The van der Waals surface area contributed by atoms with E-state index in [-0.39, 0.29) is 18.8 Å². The predicted octanol–water partition coefficient (Wildman–Crippen LogP) is 1.86. The molecule has 1 rings (SSSR count). The van der Waals surface area contributed by atoms with Crippen molar-refractivity contribution in [2.75, 3.05) is 0 Å². The van der Waals surface area contributed by atoms with Gasteiger partial charge in [0.15, 0.2) is 0 Å². The van der Waals surface area contributed by atoms with Crippen LogP contribution in [0.15, 0.2) is 24.3 Å². The number of aliphatic hydroxyl groups is 1. The summed E-state index contributed by atoms with van der Waals surface area (Å²) < 4.78 is 0. The van der Waals surface area contributed by atoms with Crippen molar-refractivity contribution in [1.82, 2.24) is 5.32 Å². The van der Waals surface area contributed by atoms with Gasteiger partial charge in [0, 0.05) is 11.4 Å². The number of rotatable bonds is 7. The number of amides is 1. The fourth-order valence-electron chi connectivity index (χ4n) is 1.92. The number of carboxylic acid groups (broad SMARTS) is 1. The molecule has 0 aliphatic rings. The highest BCUT2D eigenvalue weighted by atomic mass is 35.5. The van der Waals surface area contributed by atoms with E-state index >= 15 is 0 Å². The number of benzene rings is 1. The lowest BCUT2D eigenvalue weighted by atomic mass is 10.0. The standard InChI is InChI=1S/C15H20ClNO4/c1-9(2)6-13(18)14(19)17-12(15(20)21)8-10-4-3-5-11(16)7-10/h3-5,7,9,12-13,18H,6,8H2,1-2H3,(H,17,19)(H,20,21)/t12-,13-/m0/s1. The monoisotopic (exact) mass is 313 g/mol. The zero-order valence-electron chi connectivity index (χ0n) is 12.0. The van der Waals surface area contributed by atoms with Gasteiger partial charge in [0.2, 0.25) is 5.91 Å². The Kier molecular flexibility index (Phi) is 6.65. The van der Waals surface area contributed by atoms with E-state index in [1.807, 2.05) is 13.8 Å². The number of halogens is 1. The molecule has 5 nitrogen and oxygen atoms in total. The number of carbonyl (C=O) groups excluding carboxylic acids is 1. The van der Waals surface area contributed by atoms with Crippen molar-refractivity contribution in [2.45, 2.75) is 38.8 Å². The third-order valence-corrected chi connectivity index (χ3v) is 3.18. The molecule has 3 N–H and O–H groups in total. The van der Waals surface area contributed by atoms with Gasteiger partial charge in [0.25, 0.3) is 0 Å². The van der Waals surface area contributed by atoms with Crippen molar-refractivity contribution in [2.24, 2.45) is 5.92 Å². The minimum Gasteiger partial charge on any atom is -0.480 e. The van der Waals surface area contributed by atoms with Crippen molar-refractivity contribution in [3.8, 4) is 0 Å². The van der Waals surface area contributed by atoms with E-state index in [4.69, 9.17) is 11.6 Å². The normalized spacial score (nSPS) is 13.8. The molecule has 0 aromatic heterocycles. The van der Waals surface area contributed by atoms with Crippen molar-refractivity contribution in [3.05, 3.63) is 34.9 Å². The lowest BCUT2D eigenvalue weighted by Crippen LogP contribution is -2.46. The molecule has 1 amide bonds. The van der Waals surface area contributed by atoms with Crippen LogP contribution >= 0.6 is 11.6 Å². The van der Waals surface area contributed by atoms with Crippen LogP contribution in [0.4, 0.5) is 0 Å². The van der Waals surface area contributed by atoms with Crippen LogP contribution in [0.3, 0.4) is 0 Å². The molecule has 0 heterocycles. The van der Waals surface area contributed by atoms with Crippen molar-refractivity contribution in [1.29, 1.82) is 0 Å². The molecular weight excluding hydrogens is 294 g/mol. The zero-order chi connectivity index (χ0) is 16.0. The average molecular weight is 314 g/mol. The fourth-order valence-corrected chi connectivity index (χ4v) is 2.13. The van der Waals surface area contributed by atoms with Crippen LogP contribution in [0.5, 0.6) is 0 Å². The first-order chi connectivity index (χ1) is 9.79. The predicted molar refractivity (Wildman–Crippen MR) is 80.2 cm³/mol. The summed E-state index contributed by atoms with van der Waals surface area (Å²) in [5.74, 6) is -1.68. The number of aliphatic hydroxyl groups excluding tert-OH is 1. The van der Waals surface area contributed by atoms with E-state index in [1.54, 1.807) is 24.3 Å². The van der Waals surface area contributed by atoms with Crippen LogP contribution in [-0.2, 0) is 16.0 Å². The molecule has 1 aromatic rings. The molecule has 0 unspecified atom stereocenters. The van der Waals surface area contributed by atoms with Crippen LogP contribution < -0.4 is 5.32 Å². The van der Waals surface area contributed by atoms with Gasteiger partial charge < -0.3 is 15.5 Å². The highest BCUT2D eigenvalue weighted by Crippen LogP contribution is 2.13. The maximum absolute atomic E-state index is 11.8. The van der Waals surface area contributed by atoms with Crippen LogP contribution in [0.2, 0.25) is 5.02 Å². The molecule has 1 aromatic carbocycles. The maximum Gasteiger partial charge on any atom is 0.326 e. The molecule has 0 aliphatic heterocycles. The van der Waals surface area contributed by atoms with Crippen molar-refractivity contribution >= 4 is 23.5 Å². The first-order valence-electron chi connectivity index (χ1n) is 6.75. The Hall–Kier alpha value is -1.59. The zero-order valence-corrected chi connectivity index (χ0v) is 12.8. The van der Waals surface area contributed by atoms with Crippen LogP contribution in [0.1, 0.15) is 25.8 Å². The first-order valence-corrected chi connectivity index (χ1v) is 7.13. The van der Waals surface area contributed by atoms with Crippen LogP contribution in [-0.4, -0.2) is 34.2 Å². The number of hydrogen-bond acceptors (Lipinski definition) is 3. The second kappa shape index (κ2) is 8.00. The summed E-state index contributed by atoms with van der Waals surface area (Å²) in [4.78, 5) is 23.0. The summed E-state index contributed by atoms with van der Waals surface area (Å²) in [6, 6.07) is 5.68. The SMILES string of the molecule is CC(C)C[C@H](O)C(=O)N[C@@H](Cc1cccc(Cl)c1)C(=O)O. The Morgan fingerprint density at radius 1 is 1.33 bits per heavy atom. The molecule has 0 bridgehead atoms. The van der Waals surface area contributed by atoms with E-state index in [9.17, 15) is 19.8 Å². The molecule has 21 heavy (non-hydrogen) atoms. The molecular formula is C15H20ClNO4. The summed E-state index contributed by atoms with van der Waals surface area (Å²) in [5, 5.41) is 21.8. The molecule has 0 saturated heterocycles. The summed E-state index contributed by atoms with van der Waals surface area (Å²) >= 11 is 5.85. The fraction of sp³-hybridized carbons (Fsp3) is 0.467. The van der Waals surface area contributed by atoms with Gasteiger partial charge in [-0.2, -0.15) is 0 Å². The van der Waals surface area contributed by atoms with Crippen molar-refractivity contribution in [3.63, 3.8) is 0 Å². The summed E-state index contributed by atoms with van der Waals surface area (Å²) in [6.45, 7) is 3.74. The number of nitrogens with one attached hydrogen (secondary N) is 1. The lowest BCUT2D eigenvalue weighted by Gasteiger charge is -2.18. The highest BCUT2D eigenvalue weighted by molar-refractivity contribution is 6.30. The van der Waals surface area contributed by atoms with E-state index in [1.165, 1.54) is 0 Å². The maximum atomic E-state index is 11.8. The topological polar surface area (TPSA) is 86.6 Å². The Bertz CT molecular complexity index is 504. The van der Waals surface area contributed by atoms with E-state index in [0.29, 0.717) is 10.6 Å². The Morgan fingerprint density at radius 2 is 2.00 bits per heavy atom. The highest BCUT2D eigenvalue weighted by Gasteiger charge is 2.24. The second-order valence-electron chi connectivity index (χ2n) is 5.38. The van der Waals surface area contributed by atoms with E-state index in [2.05, 4.69) is 5.32 Å². The summed E-state index contributed by atoms with van der Waals surface area (Å²) in [6.07, 6.45) is -0.808. The smallest absolute Gasteiger partial charge is 0.326 e. The molecule has 116 valence electrons. The van der Waals surface area contributed by atoms with Gasteiger partial charge in [-0.05, 0) is 30.0 Å². The van der Waals surface area contributed by atoms with Crippen LogP contribution in [0, 0.1) is 5.92 Å². The molecule has 2 atom stereocenters. The quantitative estimate of drug-likeness (QED) is 0.717. The molecule has 0 radical (unpaired) electrons. The van der Waals surface area contributed by atoms with Gasteiger partial charge >= 0.3 is 5.97 Å². The molecule has 6 heteroatoms. The number of carboxylic acids is 1. The molecule has 0 spiro atoms. The van der Waals surface area contributed by atoms with Crippen molar-refractivity contribution < 1.29 is 19.8 Å². The van der Waals surface area contributed by atoms with Gasteiger partial charge in [0.1, 0.15) is 12.1 Å². The number of carbonyl (C=O) groups is 2. The van der Waals surface area contributed by atoms with E-state index in [0.717, 1.165) is 0 Å². The Morgan fingerprint density at radius 3 is 2.52 bits per heavy atom. The number of hydrogen-bond donors (Lipinski definition) is 3. The molecule has 0 fully saturated rings. The van der Waals surface area contributed by atoms with Gasteiger partial charge in [-0.1, -0.05) is 37.6 Å². The third kappa shape index (κ3) is 6.14. The second-order valence-corrected chi connectivity index (χ2v) is 5.82. The summed E-state index contributed by atoms with van der Waals surface area (Å²) in [7, 11) is 0. The first kappa shape index (κ1) is 17.5. The van der Waals surface area contributed by atoms with Gasteiger partial charge in [-0.3, -0.25) is 4.79 Å². The molecule has 0 aliphatic carbocycles. The minimum atomic E-state index is -1.20. The van der Waals surface area contributed by atoms with Gasteiger partial charge in [-0.15, -0.1) is 0 Å². The summed E-state index contributed by atoms with van der Waals surface area (Å²) in [5.41, 5.74) is 0.702. The molecule has 0 saturated carbocycles. The van der Waals surface area contributed by atoms with E-state index < -0.39 is 24.0 Å². The average Bonchev–Trinajstić information content (AvgIpc) is 2.36. The van der Waals surface area contributed by atoms with Gasteiger partial charge in [-0.25, -0.2) is 4.79 Å². The minimum absolute atomic E-state index is 0.107. The number of aliphatic carboxylic acids is 1. The Labute approximate surface area is 128 Å². The largest absolute Gasteiger partial charge is 0.480 e. The van der Waals surface area contributed by atoms with Gasteiger partial charge in [0.05, 0.1) is 0 Å². The third-order valence-electron chi connectivity index (χ3n) is 2.94. The Balaban J connectivity index is 2.70. The van der Waals surface area contributed by atoms with Crippen LogP contribution in [0.25, 0.3) is 0 Å². The lowest BCUT2D eigenvalue weighted by molar-refractivity contribution is -0.143.